The summed E-state index contributed by atoms with van der Waals surface area (Å²) in [5, 5.41) is 8.29. The van der Waals surface area contributed by atoms with E-state index >= 15 is 0 Å². The molecule has 22 heavy (non-hydrogen) atoms. The van der Waals surface area contributed by atoms with Crippen LogP contribution in [0.3, 0.4) is 0 Å². The van der Waals surface area contributed by atoms with Crippen LogP contribution in [-0.4, -0.2) is 28.0 Å². The van der Waals surface area contributed by atoms with Crippen molar-refractivity contribution in [2.24, 2.45) is 0 Å². The molecule has 0 atom stereocenters. The number of nitrogens with one attached hydrogen (secondary N) is 1. The smallest absolute Gasteiger partial charge is 0.416 e. The molecule has 1 heterocycles. The topological polar surface area (TPSA) is 67.9 Å². The number of rotatable bonds is 3. The fraction of sp³-hybridized carbons (Fsp3) is 0.250. The monoisotopic (exact) mass is 337 g/mol. The Balaban J connectivity index is 2.61. The molecule has 0 saturated carbocycles. The number of aromatic nitrogens is 3. The second kappa shape index (κ2) is 5.91. The molecule has 10 heteroatoms. The van der Waals surface area contributed by atoms with Crippen molar-refractivity contribution in [2.45, 2.75) is 13.1 Å². The van der Waals surface area contributed by atoms with Crippen LogP contribution in [0.2, 0.25) is 5.02 Å². The number of carbonyl (C=O) groups excluding carboxylic acids is 1. The van der Waals surface area contributed by atoms with Crippen LogP contribution >= 0.6 is 11.6 Å². The lowest BCUT2D eigenvalue weighted by Gasteiger charge is -2.10. The number of esters is 1. The highest BCUT2D eigenvalue weighted by Crippen LogP contribution is 2.37. The van der Waals surface area contributed by atoms with Gasteiger partial charge in [-0.25, -0.2) is 9.18 Å². The zero-order chi connectivity index (χ0) is 16.5. The van der Waals surface area contributed by atoms with Gasteiger partial charge >= 0.3 is 12.1 Å². The van der Waals surface area contributed by atoms with E-state index in [0.717, 1.165) is 0 Å². The Morgan fingerprint density at radius 2 is 2.05 bits per heavy atom. The summed E-state index contributed by atoms with van der Waals surface area (Å²) in [6.07, 6.45) is -4.74. The van der Waals surface area contributed by atoms with Crippen molar-refractivity contribution in [1.29, 1.82) is 0 Å². The molecule has 0 fully saturated rings. The van der Waals surface area contributed by atoms with Gasteiger partial charge in [0.1, 0.15) is 5.69 Å². The third-order valence-corrected chi connectivity index (χ3v) is 2.90. The summed E-state index contributed by atoms with van der Waals surface area (Å²) in [7, 11) is 0. The Hall–Kier alpha value is -2.16. The van der Waals surface area contributed by atoms with Crippen LogP contribution in [0.1, 0.15) is 23.0 Å². The molecule has 2 rings (SSSR count). The minimum Gasteiger partial charge on any atom is -0.461 e. The van der Waals surface area contributed by atoms with E-state index in [-0.39, 0.29) is 6.61 Å². The first-order valence-electron chi connectivity index (χ1n) is 5.90. The van der Waals surface area contributed by atoms with Crippen molar-refractivity contribution in [3.8, 4) is 11.3 Å². The van der Waals surface area contributed by atoms with Gasteiger partial charge in [-0.15, -0.1) is 5.10 Å². The quantitative estimate of drug-likeness (QED) is 0.688. The van der Waals surface area contributed by atoms with Crippen molar-refractivity contribution in [3.63, 3.8) is 0 Å². The van der Waals surface area contributed by atoms with Crippen LogP contribution in [0.4, 0.5) is 17.6 Å². The molecule has 0 bridgehead atoms. The number of carbonyl (C=O) groups is 1. The Morgan fingerprint density at radius 1 is 1.36 bits per heavy atom. The lowest BCUT2D eigenvalue weighted by molar-refractivity contribution is -0.137. The second-order valence-corrected chi connectivity index (χ2v) is 4.47. The summed E-state index contributed by atoms with van der Waals surface area (Å²) in [5.74, 6) is -2.09. The van der Waals surface area contributed by atoms with Crippen LogP contribution in [-0.2, 0) is 10.9 Å². The maximum absolute atomic E-state index is 14.0. The van der Waals surface area contributed by atoms with Gasteiger partial charge in [0.25, 0.3) is 0 Å². The number of hydrogen-bond acceptors (Lipinski definition) is 4. The van der Waals surface area contributed by atoms with E-state index in [0.29, 0.717) is 12.1 Å². The van der Waals surface area contributed by atoms with Crippen LogP contribution in [0.5, 0.6) is 0 Å². The molecular formula is C12H8ClF4N3O2. The lowest BCUT2D eigenvalue weighted by Crippen LogP contribution is -2.09. The molecule has 1 aromatic heterocycles. The highest BCUT2D eigenvalue weighted by Gasteiger charge is 2.33. The average Bonchev–Trinajstić information content (AvgIpc) is 2.90. The molecule has 2 aromatic rings. The third kappa shape index (κ3) is 3.03. The van der Waals surface area contributed by atoms with E-state index in [1.807, 2.05) is 5.21 Å². The molecule has 0 saturated heterocycles. The Bertz CT molecular complexity index is 715. The van der Waals surface area contributed by atoms with E-state index in [2.05, 4.69) is 14.9 Å². The summed E-state index contributed by atoms with van der Waals surface area (Å²) in [4.78, 5) is 11.7. The van der Waals surface area contributed by atoms with Crippen LogP contribution in [0, 0.1) is 5.82 Å². The molecular weight excluding hydrogens is 330 g/mol. The molecule has 118 valence electrons. The standard InChI is InChI=1S/C12H8ClF4N3O2/c1-2-22-11(21)10-9(18-20-19-10)6-3-5(12(15,16)17)4-7(13)8(6)14/h3-4H,2H2,1H3,(H,18,19,20). The van der Waals surface area contributed by atoms with Gasteiger partial charge in [0.15, 0.2) is 11.5 Å². The van der Waals surface area contributed by atoms with Crippen LogP contribution in [0.15, 0.2) is 12.1 Å². The molecule has 0 aliphatic heterocycles. The van der Waals surface area contributed by atoms with Crippen molar-refractivity contribution in [3.05, 3.63) is 34.2 Å². The largest absolute Gasteiger partial charge is 0.461 e. The fourth-order valence-corrected chi connectivity index (χ4v) is 1.90. The molecule has 0 spiro atoms. The van der Waals surface area contributed by atoms with E-state index in [4.69, 9.17) is 11.6 Å². The minimum absolute atomic E-state index is 0.0109. The normalized spacial score (nSPS) is 11.5. The van der Waals surface area contributed by atoms with Crippen molar-refractivity contribution < 1.29 is 27.1 Å². The predicted octanol–water partition coefficient (Wildman–Crippen LogP) is 3.46. The maximum atomic E-state index is 14.0. The maximum Gasteiger partial charge on any atom is 0.416 e. The molecule has 1 N–H and O–H groups in total. The summed E-state index contributed by atoms with van der Waals surface area (Å²) in [6, 6.07) is 0.951. The van der Waals surface area contributed by atoms with E-state index < -0.39 is 45.5 Å². The highest BCUT2D eigenvalue weighted by molar-refractivity contribution is 6.31. The van der Waals surface area contributed by atoms with Gasteiger partial charge in [-0.1, -0.05) is 11.6 Å². The first kappa shape index (κ1) is 16.2. The number of halogens is 5. The number of H-pyrrole nitrogens is 1. The molecule has 1 aromatic carbocycles. The minimum atomic E-state index is -4.74. The Morgan fingerprint density at radius 3 is 2.64 bits per heavy atom. The molecule has 5 nitrogen and oxygen atoms in total. The first-order valence-corrected chi connectivity index (χ1v) is 6.28. The van der Waals surface area contributed by atoms with Crippen LogP contribution in [0.25, 0.3) is 11.3 Å². The number of alkyl halides is 3. The van der Waals surface area contributed by atoms with Gasteiger partial charge in [0.2, 0.25) is 0 Å². The van der Waals surface area contributed by atoms with Crippen molar-refractivity contribution in [1.82, 2.24) is 15.4 Å². The zero-order valence-corrected chi connectivity index (χ0v) is 11.7. The van der Waals surface area contributed by atoms with Gasteiger partial charge in [-0.05, 0) is 19.1 Å². The molecule has 0 radical (unpaired) electrons. The van der Waals surface area contributed by atoms with Gasteiger partial charge in [0.05, 0.1) is 17.2 Å². The van der Waals surface area contributed by atoms with Crippen molar-refractivity contribution in [2.75, 3.05) is 6.61 Å². The SMILES string of the molecule is CCOC(=O)c1n[nH]nc1-c1cc(C(F)(F)F)cc(Cl)c1F. The number of hydrogen-bond donors (Lipinski definition) is 1. The van der Waals surface area contributed by atoms with E-state index in [1.54, 1.807) is 0 Å². The van der Waals surface area contributed by atoms with Gasteiger partial charge in [-0.2, -0.15) is 23.5 Å². The summed E-state index contributed by atoms with van der Waals surface area (Å²) < 4.78 is 57.1. The van der Waals surface area contributed by atoms with Gasteiger partial charge < -0.3 is 4.74 Å². The Labute approximate surface area is 126 Å². The molecule has 0 aliphatic rings. The third-order valence-electron chi connectivity index (χ3n) is 2.63. The average molecular weight is 338 g/mol. The molecule has 0 aliphatic carbocycles. The summed E-state index contributed by atoms with van der Waals surface area (Å²) in [6.45, 7) is 1.54. The molecule has 0 amide bonds. The zero-order valence-electron chi connectivity index (χ0n) is 11.0. The van der Waals surface area contributed by atoms with Gasteiger partial charge in [-0.3, -0.25) is 0 Å². The number of benzene rings is 1. The number of ether oxygens (including phenoxy) is 1. The summed E-state index contributed by atoms with van der Waals surface area (Å²) in [5.41, 5.74) is -2.62. The van der Waals surface area contributed by atoms with Crippen LogP contribution < -0.4 is 0 Å². The number of aromatic amines is 1. The number of nitrogens with zero attached hydrogens (tertiary/aromatic N) is 2. The predicted molar refractivity (Wildman–Crippen MR) is 67.7 cm³/mol. The Kier molecular flexibility index (Phi) is 4.36. The summed E-state index contributed by atoms with van der Waals surface area (Å²) >= 11 is 5.49. The second-order valence-electron chi connectivity index (χ2n) is 4.06. The van der Waals surface area contributed by atoms with E-state index in [9.17, 15) is 22.4 Å². The lowest BCUT2D eigenvalue weighted by atomic mass is 10.1. The highest BCUT2D eigenvalue weighted by atomic mass is 35.5. The molecule has 0 unspecified atom stereocenters. The fourth-order valence-electron chi connectivity index (χ4n) is 1.69. The first-order chi connectivity index (χ1) is 10.3. The van der Waals surface area contributed by atoms with Crippen molar-refractivity contribution >= 4 is 17.6 Å². The van der Waals surface area contributed by atoms with E-state index in [1.165, 1.54) is 6.92 Å². The van der Waals surface area contributed by atoms with Gasteiger partial charge in [0, 0.05) is 5.56 Å².